The normalized spacial score (nSPS) is 20.8. The molecule has 3 rings (SSSR count). The number of ether oxygens (including phenoxy) is 1. The van der Waals surface area contributed by atoms with E-state index in [4.69, 9.17) is 9.26 Å². The van der Waals surface area contributed by atoms with Gasteiger partial charge in [0.1, 0.15) is 11.5 Å². The SMILES string of the molecule is COC(=O)N1CC[C@@H](c2cc(=O)[nH]o2)C[C@H]1c1ccc(C(F)(F)F)nc1. The van der Waals surface area contributed by atoms with Crippen LogP contribution in [-0.4, -0.2) is 34.8 Å². The maximum absolute atomic E-state index is 12.7. The maximum Gasteiger partial charge on any atom is 0.433 e. The number of amides is 1. The number of H-pyrrole nitrogens is 1. The Labute approximate surface area is 145 Å². The van der Waals surface area contributed by atoms with Crippen molar-refractivity contribution in [2.24, 2.45) is 0 Å². The number of hydrogen-bond acceptors (Lipinski definition) is 5. The molecule has 7 nitrogen and oxygen atoms in total. The predicted octanol–water partition coefficient (Wildman–Crippen LogP) is 3.07. The smallest absolute Gasteiger partial charge is 0.433 e. The molecule has 2 aromatic heterocycles. The topological polar surface area (TPSA) is 88.4 Å². The first kappa shape index (κ1) is 18.0. The summed E-state index contributed by atoms with van der Waals surface area (Å²) >= 11 is 0. The fraction of sp³-hybridized carbons (Fsp3) is 0.438. The highest BCUT2D eigenvalue weighted by molar-refractivity contribution is 5.68. The van der Waals surface area contributed by atoms with Gasteiger partial charge in [0.15, 0.2) is 0 Å². The van der Waals surface area contributed by atoms with Crippen molar-refractivity contribution >= 4 is 6.09 Å². The van der Waals surface area contributed by atoms with Crippen LogP contribution in [0.1, 0.15) is 41.8 Å². The molecule has 1 saturated heterocycles. The molecule has 2 atom stereocenters. The van der Waals surface area contributed by atoms with Crippen molar-refractivity contribution in [2.45, 2.75) is 31.0 Å². The first-order chi connectivity index (χ1) is 12.3. The van der Waals surface area contributed by atoms with Crippen LogP contribution in [0.2, 0.25) is 0 Å². The van der Waals surface area contributed by atoms with Gasteiger partial charge in [-0.1, -0.05) is 6.07 Å². The second kappa shape index (κ2) is 6.85. The van der Waals surface area contributed by atoms with E-state index in [2.05, 4.69) is 10.1 Å². The molecule has 1 aliphatic rings. The lowest BCUT2D eigenvalue weighted by Gasteiger charge is -2.37. The number of pyridine rings is 1. The highest BCUT2D eigenvalue weighted by atomic mass is 19.4. The van der Waals surface area contributed by atoms with Gasteiger partial charge in [0.2, 0.25) is 0 Å². The zero-order valence-corrected chi connectivity index (χ0v) is 13.7. The third-order valence-electron chi connectivity index (χ3n) is 4.42. The molecule has 10 heteroatoms. The van der Waals surface area contributed by atoms with Gasteiger partial charge in [-0.3, -0.25) is 9.78 Å². The molecule has 0 aliphatic carbocycles. The molecule has 0 saturated carbocycles. The van der Waals surface area contributed by atoms with Crippen molar-refractivity contribution in [2.75, 3.05) is 13.7 Å². The molecule has 26 heavy (non-hydrogen) atoms. The number of aromatic amines is 1. The van der Waals surface area contributed by atoms with E-state index < -0.39 is 24.0 Å². The zero-order valence-electron chi connectivity index (χ0n) is 13.7. The molecule has 0 radical (unpaired) electrons. The van der Waals surface area contributed by atoms with Gasteiger partial charge in [0.05, 0.1) is 13.2 Å². The van der Waals surface area contributed by atoms with E-state index in [0.717, 1.165) is 12.3 Å². The number of methoxy groups -OCH3 is 1. The summed E-state index contributed by atoms with van der Waals surface area (Å²) in [7, 11) is 1.24. The van der Waals surface area contributed by atoms with Crippen LogP contribution in [0.4, 0.5) is 18.0 Å². The average Bonchev–Trinajstić information content (AvgIpc) is 3.06. The Hall–Kier alpha value is -2.78. The van der Waals surface area contributed by atoms with E-state index in [0.29, 0.717) is 30.7 Å². The summed E-state index contributed by atoms with van der Waals surface area (Å²) in [6, 6.07) is 2.97. The van der Waals surface area contributed by atoms with Gasteiger partial charge in [-0.15, -0.1) is 0 Å². The van der Waals surface area contributed by atoms with E-state index in [9.17, 15) is 22.8 Å². The Balaban J connectivity index is 1.89. The number of nitrogens with one attached hydrogen (secondary N) is 1. The van der Waals surface area contributed by atoms with Crippen LogP contribution in [0, 0.1) is 0 Å². The van der Waals surface area contributed by atoms with Crippen molar-refractivity contribution in [3.63, 3.8) is 0 Å². The van der Waals surface area contributed by atoms with Crippen molar-refractivity contribution in [3.8, 4) is 0 Å². The van der Waals surface area contributed by atoms with Gasteiger partial charge in [0, 0.05) is 24.7 Å². The number of aromatic nitrogens is 2. The molecule has 140 valence electrons. The Morgan fingerprint density at radius 1 is 1.42 bits per heavy atom. The van der Waals surface area contributed by atoms with Gasteiger partial charge in [-0.2, -0.15) is 18.3 Å². The van der Waals surface area contributed by atoms with Crippen LogP contribution in [-0.2, 0) is 10.9 Å². The van der Waals surface area contributed by atoms with E-state index in [-0.39, 0.29) is 11.5 Å². The average molecular weight is 371 g/mol. The van der Waals surface area contributed by atoms with Crippen molar-refractivity contribution < 1.29 is 27.2 Å². The summed E-state index contributed by atoms with van der Waals surface area (Å²) in [6.07, 6.45) is -3.11. The lowest BCUT2D eigenvalue weighted by atomic mass is 9.86. The summed E-state index contributed by atoms with van der Waals surface area (Å²) in [5, 5.41) is 2.22. The largest absolute Gasteiger partial charge is 0.453 e. The lowest BCUT2D eigenvalue weighted by Crippen LogP contribution is -2.40. The third kappa shape index (κ3) is 3.58. The second-order valence-electron chi connectivity index (χ2n) is 5.99. The van der Waals surface area contributed by atoms with Crippen LogP contribution < -0.4 is 5.56 Å². The minimum absolute atomic E-state index is 0.165. The molecular formula is C16H16F3N3O4. The highest BCUT2D eigenvalue weighted by Gasteiger charge is 2.37. The summed E-state index contributed by atoms with van der Waals surface area (Å²) < 4.78 is 48.1. The predicted molar refractivity (Wildman–Crippen MR) is 82.4 cm³/mol. The number of nitrogens with zero attached hydrogens (tertiary/aromatic N) is 2. The Kier molecular flexibility index (Phi) is 4.75. The minimum atomic E-state index is -4.54. The molecule has 1 N–H and O–H groups in total. The summed E-state index contributed by atoms with van der Waals surface area (Å²) in [5.41, 5.74) is -0.927. The Morgan fingerprint density at radius 2 is 2.19 bits per heavy atom. The second-order valence-corrected chi connectivity index (χ2v) is 5.99. The number of piperidine rings is 1. The van der Waals surface area contributed by atoms with Crippen molar-refractivity contribution in [1.29, 1.82) is 0 Å². The van der Waals surface area contributed by atoms with Crippen molar-refractivity contribution in [1.82, 2.24) is 15.0 Å². The molecule has 0 spiro atoms. The standard InChI is InChI=1S/C16H16F3N3O4/c1-25-15(24)22-5-4-9(12-7-14(23)21-26-12)6-11(22)10-2-3-13(20-8-10)16(17,18)19/h2-3,7-9,11H,4-6H2,1H3,(H,21,23)/t9-,11+/m1/s1. The summed E-state index contributed by atoms with van der Waals surface area (Å²) in [5.74, 6) is 0.284. The number of halogens is 3. The van der Waals surface area contributed by atoms with Gasteiger partial charge in [-0.25, -0.2) is 4.79 Å². The molecule has 1 fully saturated rings. The molecule has 3 heterocycles. The number of carbonyl (C=O) groups is 1. The lowest BCUT2D eigenvalue weighted by molar-refractivity contribution is -0.141. The first-order valence-electron chi connectivity index (χ1n) is 7.85. The van der Waals surface area contributed by atoms with Crippen LogP contribution in [0.25, 0.3) is 0 Å². The van der Waals surface area contributed by atoms with E-state index >= 15 is 0 Å². The van der Waals surface area contributed by atoms with Gasteiger partial charge in [-0.05, 0) is 24.5 Å². The van der Waals surface area contributed by atoms with Crippen molar-refractivity contribution in [3.05, 3.63) is 51.8 Å². The molecule has 0 bridgehead atoms. The minimum Gasteiger partial charge on any atom is -0.453 e. The molecule has 2 aromatic rings. The van der Waals surface area contributed by atoms with Crippen LogP contribution in [0.5, 0.6) is 0 Å². The fourth-order valence-electron chi connectivity index (χ4n) is 3.14. The highest BCUT2D eigenvalue weighted by Crippen LogP contribution is 2.39. The van der Waals surface area contributed by atoms with Crippen LogP contribution in [0.15, 0.2) is 33.7 Å². The van der Waals surface area contributed by atoms with Crippen LogP contribution in [0.3, 0.4) is 0 Å². The quantitative estimate of drug-likeness (QED) is 0.877. The molecule has 1 aliphatic heterocycles. The zero-order chi connectivity index (χ0) is 18.9. The first-order valence-corrected chi connectivity index (χ1v) is 7.85. The Bertz CT molecular complexity index is 828. The molecule has 0 unspecified atom stereocenters. The van der Waals surface area contributed by atoms with Gasteiger partial charge in [0.25, 0.3) is 5.56 Å². The number of alkyl halides is 3. The summed E-state index contributed by atoms with van der Waals surface area (Å²) in [4.78, 5) is 28.2. The number of rotatable bonds is 2. The Morgan fingerprint density at radius 3 is 2.73 bits per heavy atom. The van der Waals surface area contributed by atoms with Gasteiger partial charge < -0.3 is 14.2 Å². The molecular weight excluding hydrogens is 355 g/mol. The van der Waals surface area contributed by atoms with Gasteiger partial charge >= 0.3 is 12.3 Å². The molecule has 0 aromatic carbocycles. The van der Waals surface area contributed by atoms with E-state index in [1.807, 2.05) is 0 Å². The fourth-order valence-corrected chi connectivity index (χ4v) is 3.14. The maximum atomic E-state index is 12.7. The number of hydrogen-bond donors (Lipinski definition) is 1. The number of carbonyl (C=O) groups excluding carboxylic acids is 1. The third-order valence-corrected chi connectivity index (χ3v) is 4.42. The summed E-state index contributed by atoms with van der Waals surface area (Å²) in [6.45, 7) is 0.303. The molecule has 1 amide bonds. The number of likely N-dealkylation sites (tertiary alicyclic amines) is 1. The van der Waals surface area contributed by atoms with E-state index in [1.165, 1.54) is 24.1 Å². The monoisotopic (exact) mass is 371 g/mol. The van der Waals surface area contributed by atoms with E-state index in [1.54, 1.807) is 0 Å². The van der Waals surface area contributed by atoms with Crippen LogP contribution >= 0.6 is 0 Å².